The van der Waals surface area contributed by atoms with Gasteiger partial charge in [0.15, 0.2) is 0 Å². The number of halogens is 4. The van der Waals surface area contributed by atoms with Crippen LogP contribution in [0.2, 0.25) is 0 Å². The second-order valence-corrected chi connectivity index (χ2v) is 9.03. The van der Waals surface area contributed by atoms with Crippen molar-refractivity contribution < 1.29 is 27.2 Å². The molecule has 3 aromatic heterocycles. The van der Waals surface area contributed by atoms with Crippen molar-refractivity contribution in [3.05, 3.63) is 71.4 Å². The number of aromatic nitrogens is 4. The van der Waals surface area contributed by atoms with Crippen LogP contribution in [0.25, 0.3) is 16.9 Å². The molecule has 0 spiro atoms. The van der Waals surface area contributed by atoms with E-state index in [-0.39, 0.29) is 35.0 Å². The first-order chi connectivity index (χ1) is 19.1. The van der Waals surface area contributed by atoms with Gasteiger partial charge in [-0.2, -0.15) is 13.2 Å². The molecule has 1 unspecified atom stereocenters. The maximum Gasteiger partial charge on any atom is 0.416 e. The molecule has 1 atom stereocenters. The number of nitrogens with zero attached hydrogens (tertiary/aromatic N) is 5. The zero-order valence-electron chi connectivity index (χ0n) is 21.0. The standard InChI is InChI=1S/C27H21F4N7O2/c1-2-3-22(39)37-11-8-16(14-37)23-20-7-10-34-26(32)38(20)24(36-23)15-4-5-18(19(28)12-15)25(40)35-21-13-17(6-9-33-21)27(29,30)31/h4-7,9-10,12-13,16H,8,11,14H2,1H3,(H2,32,34)(H,33,35,40). The first kappa shape index (κ1) is 26.6. The number of alkyl halides is 3. The quantitative estimate of drug-likeness (QED) is 0.291. The Morgan fingerprint density at radius 1 is 1.12 bits per heavy atom. The lowest BCUT2D eigenvalue weighted by atomic mass is 10.0. The highest BCUT2D eigenvalue weighted by molar-refractivity contribution is 6.04. The van der Waals surface area contributed by atoms with Crippen LogP contribution in [0.3, 0.4) is 0 Å². The third-order valence-electron chi connectivity index (χ3n) is 6.50. The fourth-order valence-electron chi connectivity index (χ4n) is 4.63. The van der Waals surface area contributed by atoms with Gasteiger partial charge in [-0.3, -0.25) is 14.0 Å². The fraction of sp³-hybridized carbons (Fsp3) is 0.222. The van der Waals surface area contributed by atoms with Crippen molar-refractivity contribution in [1.82, 2.24) is 24.3 Å². The molecule has 0 saturated carbocycles. The number of benzene rings is 1. The van der Waals surface area contributed by atoms with Crippen LogP contribution in [0.5, 0.6) is 0 Å². The number of imidazole rings is 1. The van der Waals surface area contributed by atoms with E-state index in [9.17, 15) is 22.8 Å². The van der Waals surface area contributed by atoms with Gasteiger partial charge in [-0.15, -0.1) is 0 Å². The molecule has 1 aromatic carbocycles. The van der Waals surface area contributed by atoms with Crippen LogP contribution in [0.4, 0.5) is 29.3 Å². The van der Waals surface area contributed by atoms with Crippen molar-refractivity contribution in [2.75, 3.05) is 24.1 Å². The lowest BCUT2D eigenvalue weighted by Crippen LogP contribution is -2.26. The molecule has 1 aliphatic rings. The normalized spacial score (nSPS) is 15.1. The number of rotatable bonds is 4. The topological polar surface area (TPSA) is 119 Å². The Labute approximate surface area is 225 Å². The third kappa shape index (κ3) is 5.03. The van der Waals surface area contributed by atoms with E-state index in [1.807, 2.05) is 0 Å². The lowest BCUT2D eigenvalue weighted by Gasteiger charge is -2.12. The Morgan fingerprint density at radius 3 is 2.62 bits per heavy atom. The van der Waals surface area contributed by atoms with Gasteiger partial charge < -0.3 is 16.0 Å². The summed E-state index contributed by atoms with van der Waals surface area (Å²) >= 11 is 0. The van der Waals surface area contributed by atoms with Crippen LogP contribution in [-0.2, 0) is 11.0 Å². The van der Waals surface area contributed by atoms with E-state index in [1.165, 1.54) is 18.3 Å². The monoisotopic (exact) mass is 551 g/mol. The largest absolute Gasteiger partial charge is 0.416 e. The average Bonchev–Trinajstić information content (AvgIpc) is 3.54. The molecule has 13 heteroatoms. The summed E-state index contributed by atoms with van der Waals surface area (Å²) in [5.74, 6) is 2.84. The third-order valence-corrected chi connectivity index (χ3v) is 6.50. The van der Waals surface area contributed by atoms with E-state index in [2.05, 4.69) is 27.1 Å². The van der Waals surface area contributed by atoms with Crippen molar-refractivity contribution in [3.63, 3.8) is 0 Å². The van der Waals surface area contributed by atoms with Crippen molar-refractivity contribution in [1.29, 1.82) is 0 Å². The molecule has 2 amide bonds. The maximum absolute atomic E-state index is 15.2. The van der Waals surface area contributed by atoms with Crippen molar-refractivity contribution in [3.8, 4) is 23.2 Å². The Hall–Kier alpha value is -4.99. The highest BCUT2D eigenvalue weighted by Gasteiger charge is 2.32. The minimum absolute atomic E-state index is 0.104. The fourth-order valence-corrected chi connectivity index (χ4v) is 4.63. The summed E-state index contributed by atoms with van der Waals surface area (Å²) in [6.07, 6.45) is -1.57. The molecule has 4 heterocycles. The van der Waals surface area contributed by atoms with Crippen molar-refractivity contribution >= 4 is 29.1 Å². The highest BCUT2D eigenvalue weighted by atomic mass is 19.4. The minimum atomic E-state index is -4.63. The van der Waals surface area contributed by atoms with Gasteiger partial charge in [-0.25, -0.2) is 19.3 Å². The Kier molecular flexibility index (Phi) is 6.85. The summed E-state index contributed by atoms with van der Waals surface area (Å²) in [6, 6.07) is 6.86. The van der Waals surface area contributed by atoms with Gasteiger partial charge >= 0.3 is 6.18 Å². The highest BCUT2D eigenvalue weighted by Crippen LogP contribution is 2.34. The number of carbonyl (C=O) groups is 2. The van der Waals surface area contributed by atoms with Crippen LogP contribution in [-0.4, -0.2) is 49.2 Å². The second kappa shape index (κ2) is 10.3. The molecule has 3 N–H and O–H groups in total. The zero-order chi connectivity index (χ0) is 28.6. The van der Waals surface area contributed by atoms with E-state index in [0.29, 0.717) is 36.8 Å². The van der Waals surface area contributed by atoms with Crippen LogP contribution >= 0.6 is 0 Å². The number of hydrogen-bond donors (Lipinski definition) is 2. The summed E-state index contributed by atoms with van der Waals surface area (Å²) in [5, 5.41) is 2.19. The summed E-state index contributed by atoms with van der Waals surface area (Å²) in [4.78, 5) is 39.1. The number of anilines is 2. The molecule has 1 aliphatic heterocycles. The van der Waals surface area contributed by atoms with E-state index in [4.69, 9.17) is 10.7 Å². The first-order valence-corrected chi connectivity index (χ1v) is 12.1. The van der Waals surface area contributed by atoms with Crippen LogP contribution in [0.1, 0.15) is 40.9 Å². The Balaban J connectivity index is 1.45. The number of carbonyl (C=O) groups excluding carboxylic acids is 2. The average molecular weight is 552 g/mol. The maximum atomic E-state index is 15.2. The molecule has 0 bridgehead atoms. The summed E-state index contributed by atoms with van der Waals surface area (Å²) in [7, 11) is 0. The van der Waals surface area contributed by atoms with Gasteiger partial charge in [0.05, 0.1) is 22.3 Å². The zero-order valence-corrected chi connectivity index (χ0v) is 21.0. The molecule has 5 rings (SSSR count). The van der Waals surface area contributed by atoms with E-state index >= 15 is 4.39 Å². The first-order valence-electron chi connectivity index (χ1n) is 12.1. The smallest absolute Gasteiger partial charge is 0.369 e. The number of nitrogen functional groups attached to an aromatic ring is 1. The van der Waals surface area contributed by atoms with Gasteiger partial charge in [-0.1, -0.05) is 12.0 Å². The SMILES string of the molecule is CC#CC(=O)N1CCC(c2nc(-c3ccc(C(=O)Nc4cc(C(F)(F)F)ccn4)c(F)c3)n3c(N)nccc23)C1. The van der Waals surface area contributed by atoms with Crippen LogP contribution in [0.15, 0.2) is 48.8 Å². The predicted molar refractivity (Wildman–Crippen MR) is 137 cm³/mol. The Morgan fingerprint density at radius 2 is 1.90 bits per heavy atom. The number of fused-ring (bicyclic) bond motifs is 1. The number of likely N-dealkylation sites (tertiary alicyclic amines) is 1. The molecular weight excluding hydrogens is 530 g/mol. The Bertz CT molecular complexity index is 1700. The molecule has 0 radical (unpaired) electrons. The molecule has 40 heavy (non-hydrogen) atoms. The molecular formula is C27H21F4N7O2. The number of amides is 2. The predicted octanol–water partition coefficient (Wildman–Crippen LogP) is 4.12. The molecule has 4 aromatic rings. The van der Waals surface area contributed by atoms with Gasteiger partial charge in [0.25, 0.3) is 11.8 Å². The molecule has 0 aliphatic carbocycles. The second-order valence-electron chi connectivity index (χ2n) is 9.03. The van der Waals surface area contributed by atoms with E-state index < -0.39 is 29.0 Å². The molecule has 1 fully saturated rings. The van der Waals surface area contributed by atoms with Crippen LogP contribution < -0.4 is 11.1 Å². The number of hydrogen-bond acceptors (Lipinski definition) is 6. The van der Waals surface area contributed by atoms with Gasteiger partial charge in [-0.05, 0) is 49.6 Å². The van der Waals surface area contributed by atoms with Crippen LogP contribution in [0, 0.1) is 17.7 Å². The summed E-state index contributed by atoms with van der Waals surface area (Å²) in [6.45, 7) is 2.50. The van der Waals surface area contributed by atoms with Gasteiger partial charge in [0.1, 0.15) is 17.5 Å². The minimum Gasteiger partial charge on any atom is -0.369 e. The van der Waals surface area contributed by atoms with Crippen molar-refractivity contribution in [2.45, 2.75) is 25.4 Å². The molecule has 204 valence electrons. The van der Waals surface area contributed by atoms with E-state index in [1.54, 1.807) is 22.3 Å². The lowest BCUT2D eigenvalue weighted by molar-refractivity contribution is -0.137. The van der Waals surface area contributed by atoms with Gasteiger partial charge in [0.2, 0.25) is 5.95 Å². The van der Waals surface area contributed by atoms with Crippen molar-refractivity contribution in [2.24, 2.45) is 0 Å². The number of nitrogens with two attached hydrogens (primary N) is 1. The number of nitrogens with one attached hydrogen (secondary N) is 1. The van der Waals surface area contributed by atoms with E-state index in [0.717, 1.165) is 18.3 Å². The summed E-state index contributed by atoms with van der Waals surface area (Å²) < 4.78 is 55.7. The van der Waals surface area contributed by atoms with Gasteiger partial charge in [0, 0.05) is 37.0 Å². The molecule has 9 nitrogen and oxygen atoms in total. The summed E-state index contributed by atoms with van der Waals surface area (Å²) in [5.41, 5.74) is 6.32. The molecule has 1 saturated heterocycles. The number of pyridine rings is 1.